The molecule has 2 amide bonds. The third-order valence-electron chi connectivity index (χ3n) is 6.46. The van der Waals surface area contributed by atoms with Gasteiger partial charge in [0, 0.05) is 29.9 Å². The largest absolute Gasteiger partial charge is 0.497 e. The van der Waals surface area contributed by atoms with E-state index in [0.29, 0.717) is 18.1 Å². The molecule has 1 aliphatic carbocycles. The molecule has 3 aliphatic rings. The van der Waals surface area contributed by atoms with Gasteiger partial charge in [0.25, 0.3) is 0 Å². The minimum absolute atomic E-state index is 0.0902. The maximum absolute atomic E-state index is 12.4. The fourth-order valence-corrected chi connectivity index (χ4v) is 5.36. The molecule has 0 radical (unpaired) electrons. The number of rotatable bonds is 4. The molecule has 1 unspecified atom stereocenters. The molecule has 3 atom stereocenters. The Morgan fingerprint density at radius 2 is 1.58 bits per heavy atom. The molecule has 2 saturated heterocycles. The van der Waals surface area contributed by atoms with E-state index in [1.54, 1.807) is 7.11 Å². The van der Waals surface area contributed by atoms with Gasteiger partial charge in [-0.25, -0.2) is 4.79 Å². The maximum Gasteiger partial charge on any atom is 0.319 e. The Balaban J connectivity index is 1.33. The van der Waals surface area contributed by atoms with Crippen LogP contribution in [0.1, 0.15) is 57.8 Å². The van der Waals surface area contributed by atoms with E-state index in [9.17, 15) is 4.79 Å². The summed E-state index contributed by atoms with van der Waals surface area (Å²) in [5.74, 6) is 0.795. The SMILES string of the molecule is COc1ccc(NC(=O)NC2C[C@H]3CCC[C@@H](C2)N3C2CCCC2)cc1. The van der Waals surface area contributed by atoms with Crippen LogP contribution < -0.4 is 15.4 Å². The van der Waals surface area contributed by atoms with Crippen molar-refractivity contribution in [2.45, 2.75) is 82.0 Å². The van der Waals surface area contributed by atoms with Crippen molar-refractivity contribution in [3.8, 4) is 5.75 Å². The summed E-state index contributed by atoms with van der Waals surface area (Å²) < 4.78 is 5.16. The predicted molar refractivity (Wildman–Crippen MR) is 104 cm³/mol. The van der Waals surface area contributed by atoms with Crippen molar-refractivity contribution in [2.75, 3.05) is 12.4 Å². The van der Waals surface area contributed by atoms with Gasteiger partial charge in [0.05, 0.1) is 7.11 Å². The number of carbonyl (C=O) groups is 1. The second kappa shape index (κ2) is 7.87. The average molecular weight is 357 g/mol. The van der Waals surface area contributed by atoms with Crippen LogP contribution in [0, 0.1) is 0 Å². The van der Waals surface area contributed by atoms with Crippen molar-refractivity contribution in [1.82, 2.24) is 10.2 Å². The topological polar surface area (TPSA) is 53.6 Å². The normalized spacial score (nSPS) is 29.3. The molecule has 0 aromatic heterocycles. The van der Waals surface area contributed by atoms with Crippen molar-refractivity contribution in [3.05, 3.63) is 24.3 Å². The summed E-state index contributed by atoms with van der Waals surface area (Å²) in [6.45, 7) is 0. The van der Waals surface area contributed by atoms with E-state index in [0.717, 1.165) is 30.3 Å². The molecular formula is C21H31N3O2. The maximum atomic E-state index is 12.4. The first-order chi connectivity index (χ1) is 12.7. The molecule has 2 N–H and O–H groups in total. The summed E-state index contributed by atoms with van der Waals surface area (Å²) in [6, 6.07) is 9.80. The minimum Gasteiger partial charge on any atom is -0.497 e. The summed E-state index contributed by atoms with van der Waals surface area (Å²) in [5.41, 5.74) is 0.798. The van der Waals surface area contributed by atoms with Gasteiger partial charge in [0.15, 0.2) is 0 Å². The van der Waals surface area contributed by atoms with E-state index < -0.39 is 0 Å². The highest BCUT2D eigenvalue weighted by molar-refractivity contribution is 5.89. The molecule has 26 heavy (non-hydrogen) atoms. The van der Waals surface area contributed by atoms with Crippen molar-refractivity contribution in [2.24, 2.45) is 0 Å². The molecule has 5 heteroatoms. The summed E-state index contributed by atoms with van der Waals surface area (Å²) in [6.07, 6.45) is 11.7. The fraction of sp³-hybridized carbons (Fsp3) is 0.667. The minimum atomic E-state index is -0.0902. The number of hydrogen-bond acceptors (Lipinski definition) is 3. The molecule has 1 saturated carbocycles. The van der Waals surface area contributed by atoms with Crippen molar-refractivity contribution >= 4 is 11.7 Å². The van der Waals surface area contributed by atoms with Crippen LogP contribution in [0.2, 0.25) is 0 Å². The number of nitrogens with zero attached hydrogens (tertiary/aromatic N) is 1. The summed E-state index contributed by atoms with van der Waals surface area (Å²) >= 11 is 0. The zero-order valence-electron chi connectivity index (χ0n) is 15.7. The number of ether oxygens (including phenoxy) is 1. The molecule has 0 spiro atoms. The first-order valence-corrected chi connectivity index (χ1v) is 10.2. The van der Waals surface area contributed by atoms with E-state index in [4.69, 9.17) is 4.74 Å². The van der Waals surface area contributed by atoms with Crippen molar-refractivity contribution in [3.63, 3.8) is 0 Å². The first kappa shape index (κ1) is 17.7. The molecule has 5 nitrogen and oxygen atoms in total. The summed E-state index contributed by atoms with van der Waals surface area (Å²) in [7, 11) is 1.64. The summed E-state index contributed by atoms with van der Waals surface area (Å²) in [4.78, 5) is 15.3. The number of benzene rings is 1. The van der Waals surface area contributed by atoms with Crippen LogP contribution in [0.5, 0.6) is 5.75 Å². The molecule has 1 aromatic carbocycles. The van der Waals surface area contributed by atoms with E-state index in [1.165, 1.54) is 44.9 Å². The van der Waals surface area contributed by atoms with Gasteiger partial charge in [-0.1, -0.05) is 19.3 Å². The lowest BCUT2D eigenvalue weighted by molar-refractivity contribution is -0.00680. The van der Waals surface area contributed by atoms with Crippen LogP contribution in [0.4, 0.5) is 10.5 Å². The summed E-state index contributed by atoms with van der Waals surface area (Å²) in [5, 5.41) is 6.18. The zero-order valence-corrected chi connectivity index (χ0v) is 15.7. The Labute approximate surface area is 156 Å². The van der Waals surface area contributed by atoms with E-state index in [2.05, 4.69) is 15.5 Å². The van der Waals surface area contributed by atoms with Crippen LogP contribution in [-0.4, -0.2) is 42.2 Å². The highest BCUT2D eigenvalue weighted by atomic mass is 16.5. The number of hydrogen-bond donors (Lipinski definition) is 2. The number of fused-ring (bicyclic) bond motifs is 2. The molecular weight excluding hydrogens is 326 g/mol. The Bertz CT molecular complexity index is 598. The lowest BCUT2D eigenvalue weighted by Crippen LogP contribution is -2.59. The predicted octanol–water partition coefficient (Wildman–Crippen LogP) is 4.14. The first-order valence-electron chi connectivity index (χ1n) is 10.2. The van der Waals surface area contributed by atoms with Crippen LogP contribution in [0.3, 0.4) is 0 Å². The number of urea groups is 1. The third-order valence-corrected chi connectivity index (χ3v) is 6.46. The van der Waals surface area contributed by atoms with Gasteiger partial charge in [-0.2, -0.15) is 0 Å². The second-order valence-corrected chi connectivity index (χ2v) is 8.12. The van der Waals surface area contributed by atoms with Crippen molar-refractivity contribution < 1.29 is 9.53 Å². The molecule has 2 aliphatic heterocycles. The lowest BCUT2D eigenvalue weighted by Gasteiger charge is -2.51. The number of carbonyl (C=O) groups excluding carboxylic acids is 1. The van der Waals surface area contributed by atoms with E-state index >= 15 is 0 Å². The zero-order chi connectivity index (χ0) is 17.9. The average Bonchev–Trinajstić information content (AvgIpc) is 3.16. The molecule has 2 heterocycles. The Morgan fingerprint density at radius 1 is 0.962 bits per heavy atom. The van der Waals surface area contributed by atoms with Gasteiger partial charge < -0.3 is 15.4 Å². The molecule has 1 aromatic rings. The van der Waals surface area contributed by atoms with Gasteiger partial charge in [-0.15, -0.1) is 0 Å². The smallest absolute Gasteiger partial charge is 0.319 e. The highest BCUT2D eigenvalue weighted by Gasteiger charge is 2.42. The molecule has 142 valence electrons. The lowest BCUT2D eigenvalue weighted by atomic mass is 9.80. The van der Waals surface area contributed by atoms with Crippen LogP contribution >= 0.6 is 0 Å². The van der Waals surface area contributed by atoms with Crippen molar-refractivity contribution in [1.29, 1.82) is 0 Å². The number of amides is 2. The Morgan fingerprint density at radius 3 is 2.19 bits per heavy atom. The van der Waals surface area contributed by atoms with Gasteiger partial charge >= 0.3 is 6.03 Å². The van der Waals surface area contributed by atoms with Gasteiger partial charge in [-0.05, 0) is 62.8 Å². The Hall–Kier alpha value is -1.75. The number of nitrogens with one attached hydrogen (secondary N) is 2. The number of piperidine rings is 2. The molecule has 4 rings (SSSR count). The fourth-order valence-electron chi connectivity index (χ4n) is 5.36. The van der Waals surface area contributed by atoms with Gasteiger partial charge in [0.2, 0.25) is 0 Å². The highest BCUT2D eigenvalue weighted by Crippen LogP contribution is 2.39. The van der Waals surface area contributed by atoms with Crippen LogP contribution in [0.25, 0.3) is 0 Å². The van der Waals surface area contributed by atoms with Crippen LogP contribution in [0.15, 0.2) is 24.3 Å². The Kier molecular flexibility index (Phi) is 5.34. The quantitative estimate of drug-likeness (QED) is 0.851. The molecule has 2 bridgehead atoms. The molecule has 3 fully saturated rings. The second-order valence-electron chi connectivity index (χ2n) is 8.12. The van der Waals surface area contributed by atoms with Crippen LogP contribution in [-0.2, 0) is 0 Å². The monoisotopic (exact) mass is 357 g/mol. The van der Waals surface area contributed by atoms with E-state index in [-0.39, 0.29) is 6.03 Å². The van der Waals surface area contributed by atoms with Gasteiger partial charge in [0.1, 0.15) is 5.75 Å². The number of anilines is 1. The van der Waals surface area contributed by atoms with E-state index in [1.807, 2.05) is 24.3 Å². The standard InChI is InChI=1S/C21H31N3O2/c1-26-20-11-9-15(10-12-20)22-21(25)23-16-13-18-7-4-8-19(14-16)24(18)17-5-2-3-6-17/h9-12,16-19H,2-8,13-14H2,1H3,(H2,22,23,25)/t16?,18-,19+. The third kappa shape index (κ3) is 3.83. The number of methoxy groups -OCH3 is 1. The van der Waals surface area contributed by atoms with Gasteiger partial charge in [-0.3, -0.25) is 4.90 Å².